The molecule has 0 aromatic rings. The Morgan fingerprint density at radius 2 is 1.86 bits per heavy atom. The fourth-order valence-corrected chi connectivity index (χ4v) is 8.25. The zero-order valence-corrected chi connectivity index (χ0v) is 19.1. The van der Waals surface area contributed by atoms with Crippen LogP contribution in [0.5, 0.6) is 0 Å². The molecule has 4 rings (SSSR count). The van der Waals surface area contributed by atoms with E-state index in [4.69, 9.17) is 0 Å². The van der Waals surface area contributed by atoms with Crippen molar-refractivity contribution in [3.8, 4) is 0 Å². The molecular weight excluding hydrogens is 340 g/mol. The molecule has 1 unspecified atom stereocenters. The molecule has 0 aliphatic heterocycles. The van der Waals surface area contributed by atoms with Crippen LogP contribution in [-0.4, -0.2) is 11.2 Å². The van der Waals surface area contributed by atoms with E-state index >= 15 is 0 Å². The van der Waals surface area contributed by atoms with Crippen LogP contribution in [-0.2, 0) is 0 Å². The summed E-state index contributed by atoms with van der Waals surface area (Å²) in [6, 6.07) is 0. The molecule has 1 nitrogen and oxygen atoms in total. The minimum absolute atomic E-state index is 0.0842. The molecule has 28 heavy (non-hydrogen) atoms. The van der Waals surface area contributed by atoms with E-state index in [1.165, 1.54) is 44.9 Å². The first-order chi connectivity index (χ1) is 13.3. The van der Waals surface area contributed by atoms with Crippen LogP contribution >= 0.6 is 0 Å². The first kappa shape index (κ1) is 20.7. The van der Waals surface area contributed by atoms with Gasteiger partial charge in [-0.3, -0.25) is 0 Å². The summed E-state index contributed by atoms with van der Waals surface area (Å²) < 4.78 is 0. The van der Waals surface area contributed by atoms with Gasteiger partial charge < -0.3 is 5.11 Å². The maximum absolute atomic E-state index is 10.2. The first-order valence-corrected chi connectivity index (χ1v) is 12.3. The zero-order chi connectivity index (χ0) is 20.1. The summed E-state index contributed by atoms with van der Waals surface area (Å²) >= 11 is 0. The average molecular weight is 385 g/mol. The van der Waals surface area contributed by atoms with Crippen LogP contribution in [0, 0.1) is 46.3 Å². The van der Waals surface area contributed by atoms with Crippen LogP contribution in [0.2, 0.25) is 0 Å². The third kappa shape index (κ3) is 3.34. The second-order valence-corrected chi connectivity index (χ2v) is 11.8. The summed E-state index contributed by atoms with van der Waals surface area (Å²) in [4.78, 5) is 0. The Morgan fingerprint density at radius 3 is 2.61 bits per heavy atom. The second kappa shape index (κ2) is 7.60. The largest absolute Gasteiger partial charge is 0.393 e. The van der Waals surface area contributed by atoms with Gasteiger partial charge in [0.2, 0.25) is 0 Å². The fraction of sp³-hybridized carbons (Fsp3) is 0.852. The third-order valence-corrected chi connectivity index (χ3v) is 9.83. The number of fused-ring (bicyclic) bond motifs is 5. The lowest BCUT2D eigenvalue weighted by atomic mass is 9.47. The third-order valence-electron chi connectivity index (χ3n) is 9.83. The van der Waals surface area contributed by atoms with E-state index in [9.17, 15) is 5.11 Å². The molecule has 4 aliphatic carbocycles. The maximum atomic E-state index is 10.2. The van der Waals surface area contributed by atoms with Gasteiger partial charge in [0.25, 0.3) is 0 Å². The minimum atomic E-state index is -0.0842. The van der Waals surface area contributed by atoms with Crippen LogP contribution in [0.4, 0.5) is 0 Å². The molecule has 0 spiro atoms. The van der Waals surface area contributed by atoms with E-state index in [-0.39, 0.29) is 6.10 Å². The lowest BCUT2D eigenvalue weighted by molar-refractivity contribution is -0.0540. The number of hydrogen-bond acceptors (Lipinski definition) is 1. The van der Waals surface area contributed by atoms with Crippen LogP contribution in [0.25, 0.3) is 0 Å². The normalized spacial score (nSPS) is 46.8. The van der Waals surface area contributed by atoms with E-state index in [1.54, 1.807) is 5.57 Å². The van der Waals surface area contributed by atoms with E-state index in [0.29, 0.717) is 10.8 Å². The highest BCUT2D eigenvalue weighted by molar-refractivity contribution is 5.25. The van der Waals surface area contributed by atoms with Crippen LogP contribution < -0.4 is 0 Å². The van der Waals surface area contributed by atoms with Crippen molar-refractivity contribution in [2.75, 3.05) is 0 Å². The minimum Gasteiger partial charge on any atom is -0.393 e. The average Bonchev–Trinajstić information content (AvgIpc) is 2.99. The van der Waals surface area contributed by atoms with Crippen molar-refractivity contribution in [2.45, 2.75) is 98.5 Å². The predicted molar refractivity (Wildman–Crippen MR) is 119 cm³/mol. The molecule has 0 amide bonds. The summed E-state index contributed by atoms with van der Waals surface area (Å²) in [7, 11) is 0. The van der Waals surface area contributed by atoms with E-state index < -0.39 is 0 Å². The molecule has 3 fully saturated rings. The quantitative estimate of drug-likeness (QED) is 0.510. The Balaban J connectivity index is 1.53. The molecule has 8 atom stereocenters. The van der Waals surface area contributed by atoms with E-state index in [2.05, 4.69) is 52.8 Å². The van der Waals surface area contributed by atoms with Gasteiger partial charge >= 0.3 is 0 Å². The first-order valence-electron chi connectivity index (χ1n) is 12.3. The number of aliphatic hydroxyl groups excluding tert-OH is 1. The molecule has 0 heterocycles. The molecule has 158 valence electrons. The fourth-order valence-electron chi connectivity index (χ4n) is 8.25. The number of rotatable bonds is 4. The number of hydrogen-bond donors (Lipinski definition) is 1. The van der Waals surface area contributed by atoms with Gasteiger partial charge in [-0.25, -0.2) is 0 Å². The lowest BCUT2D eigenvalue weighted by Gasteiger charge is -2.58. The summed E-state index contributed by atoms with van der Waals surface area (Å²) in [5.74, 6) is 5.03. The van der Waals surface area contributed by atoms with Crippen molar-refractivity contribution < 1.29 is 5.11 Å². The smallest absolute Gasteiger partial charge is 0.0577 e. The van der Waals surface area contributed by atoms with Crippen LogP contribution in [0.15, 0.2) is 23.8 Å². The van der Waals surface area contributed by atoms with E-state index in [0.717, 1.165) is 48.3 Å². The van der Waals surface area contributed by atoms with Crippen LogP contribution in [0.1, 0.15) is 92.4 Å². The van der Waals surface area contributed by atoms with Crippen LogP contribution in [0.3, 0.4) is 0 Å². The monoisotopic (exact) mass is 384 g/mol. The Morgan fingerprint density at radius 1 is 1.07 bits per heavy atom. The SMILES string of the molecule is CC(C)C/C=C\C(C)[C@H]1CC[C@H]2[C@@H]3CC=C4C[C@H](O)CC[C@]4(C)[C@H]3CC[C@]12C. The van der Waals surface area contributed by atoms with Crippen molar-refractivity contribution in [1.82, 2.24) is 0 Å². The van der Waals surface area contributed by atoms with Crippen molar-refractivity contribution in [1.29, 1.82) is 0 Å². The lowest BCUT2D eigenvalue weighted by Crippen LogP contribution is -2.50. The molecule has 0 saturated heterocycles. The van der Waals surface area contributed by atoms with Gasteiger partial charge in [-0.05, 0) is 104 Å². The Bertz CT molecular complexity index is 630. The molecule has 0 radical (unpaired) electrons. The predicted octanol–water partition coefficient (Wildman–Crippen LogP) is 7.16. The zero-order valence-electron chi connectivity index (χ0n) is 19.1. The topological polar surface area (TPSA) is 20.2 Å². The van der Waals surface area contributed by atoms with Crippen molar-refractivity contribution in [3.05, 3.63) is 23.8 Å². The van der Waals surface area contributed by atoms with Gasteiger partial charge in [-0.2, -0.15) is 0 Å². The maximum Gasteiger partial charge on any atom is 0.0577 e. The van der Waals surface area contributed by atoms with Crippen molar-refractivity contribution in [3.63, 3.8) is 0 Å². The van der Waals surface area contributed by atoms with E-state index in [1.807, 2.05) is 0 Å². The highest BCUT2D eigenvalue weighted by Crippen LogP contribution is 2.67. The van der Waals surface area contributed by atoms with Gasteiger partial charge in [0, 0.05) is 0 Å². The Hall–Kier alpha value is -0.560. The van der Waals surface area contributed by atoms with Crippen molar-refractivity contribution >= 4 is 0 Å². The second-order valence-electron chi connectivity index (χ2n) is 11.8. The summed E-state index contributed by atoms with van der Waals surface area (Å²) in [5, 5.41) is 10.2. The summed E-state index contributed by atoms with van der Waals surface area (Å²) in [5.41, 5.74) is 2.53. The molecule has 1 heteroatoms. The Labute approximate surface area is 174 Å². The highest BCUT2D eigenvalue weighted by atomic mass is 16.3. The molecular formula is C27H44O. The molecule has 1 N–H and O–H groups in total. The molecule has 3 saturated carbocycles. The van der Waals surface area contributed by atoms with Gasteiger partial charge in [-0.15, -0.1) is 0 Å². The van der Waals surface area contributed by atoms with Crippen molar-refractivity contribution in [2.24, 2.45) is 46.3 Å². The standard InChI is InChI=1S/C27H44O/c1-18(2)7-6-8-19(3)23-11-12-24-22-10-9-20-17-21(28)13-15-26(20,4)25(22)14-16-27(23,24)5/h6,8-9,18-19,21-25,28H,7,10-17H2,1-5H3/b8-6-/t19?,21-,22+,23-,24+,25+,26+,27-/m1/s1. The summed E-state index contributed by atoms with van der Waals surface area (Å²) in [6.07, 6.45) is 18.9. The van der Waals surface area contributed by atoms with Gasteiger partial charge in [0.15, 0.2) is 0 Å². The number of aliphatic hydroxyl groups is 1. The molecule has 0 bridgehead atoms. The molecule has 0 aromatic heterocycles. The van der Waals surface area contributed by atoms with Gasteiger partial charge in [0.05, 0.1) is 6.10 Å². The Kier molecular flexibility index (Phi) is 5.62. The summed E-state index contributed by atoms with van der Waals surface area (Å²) in [6.45, 7) is 12.3. The molecule has 0 aromatic carbocycles. The highest BCUT2D eigenvalue weighted by Gasteiger charge is 2.58. The van der Waals surface area contributed by atoms with Gasteiger partial charge in [-0.1, -0.05) is 58.4 Å². The van der Waals surface area contributed by atoms with Gasteiger partial charge in [0.1, 0.15) is 0 Å². The molecule has 4 aliphatic rings. The number of allylic oxidation sites excluding steroid dienone is 3.